The molecule has 1 aromatic carbocycles. The number of non-ortho nitro benzene ring substituents is 1. The number of hydrogen-bond acceptors (Lipinski definition) is 7. The summed E-state index contributed by atoms with van der Waals surface area (Å²) in [6, 6.07) is 6.23. The number of amides is 2. The van der Waals surface area contributed by atoms with E-state index >= 15 is 0 Å². The topological polar surface area (TPSA) is 141 Å². The summed E-state index contributed by atoms with van der Waals surface area (Å²) < 4.78 is 4.94. The minimum Gasteiger partial charge on any atom is -0.462 e. The zero-order valence-electron chi connectivity index (χ0n) is 15.4. The summed E-state index contributed by atoms with van der Waals surface area (Å²) in [5.74, 6) is -1.94. The molecule has 2 aromatic rings. The van der Waals surface area contributed by atoms with Crippen LogP contribution in [0.5, 0.6) is 0 Å². The predicted molar refractivity (Wildman–Crippen MR) is 97.7 cm³/mol. The van der Waals surface area contributed by atoms with Gasteiger partial charge in [0.25, 0.3) is 17.5 Å². The third-order valence-electron chi connectivity index (χ3n) is 3.77. The maximum Gasteiger partial charge on any atom is 0.339 e. The molecule has 0 radical (unpaired) electrons. The Balaban J connectivity index is 2.12. The van der Waals surface area contributed by atoms with Gasteiger partial charge in [-0.3, -0.25) is 35.5 Å². The van der Waals surface area contributed by atoms with E-state index in [1.165, 1.54) is 30.3 Å². The van der Waals surface area contributed by atoms with Crippen molar-refractivity contribution in [2.75, 3.05) is 6.61 Å². The number of benzene rings is 1. The maximum absolute atomic E-state index is 12.4. The molecule has 0 aliphatic heterocycles. The first-order valence-electron chi connectivity index (χ1n) is 8.25. The monoisotopic (exact) mass is 386 g/mol. The van der Waals surface area contributed by atoms with Crippen molar-refractivity contribution in [3.8, 4) is 0 Å². The van der Waals surface area contributed by atoms with E-state index in [1.807, 2.05) is 0 Å². The first-order chi connectivity index (χ1) is 13.2. The van der Waals surface area contributed by atoms with Crippen LogP contribution in [-0.2, 0) is 4.74 Å². The van der Waals surface area contributed by atoms with E-state index in [9.17, 15) is 24.5 Å². The van der Waals surface area contributed by atoms with Crippen LogP contribution in [0.25, 0.3) is 0 Å². The molecule has 0 saturated heterocycles. The van der Waals surface area contributed by atoms with E-state index in [2.05, 4.69) is 15.8 Å². The molecule has 1 heterocycles. The average molecular weight is 386 g/mol. The van der Waals surface area contributed by atoms with E-state index in [4.69, 9.17) is 4.74 Å². The first kappa shape index (κ1) is 20.5. The lowest BCUT2D eigenvalue weighted by molar-refractivity contribution is -0.384. The normalized spacial score (nSPS) is 10.1. The van der Waals surface area contributed by atoms with Gasteiger partial charge in [0.1, 0.15) is 0 Å². The van der Waals surface area contributed by atoms with Crippen LogP contribution in [-0.4, -0.2) is 34.3 Å². The largest absolute Gasteiger partial charge is 0.462 e. The molecule has 0 saturated carbocycles. The second-order valence-corrected chi connectivity index (χ2v) is 5.69. The second kappa shape index (κ2) is 8.71. The van der Waals surface area contributed by atoms with Crippen molar-refractivity contribution in [1.82, 2.24) is 15.8 Å². The highest BCUT2D eigenvalue weighted by Gasteiger charge is 2.19. The van der Waals surface area contributed by atoms with Crippen LogP contribution in [0.3, 0.4) is 0 Å². The van der Waals surface area contributed by atoms with Crippen molar-refractivity contribution < 1.29 is 24.0 Å². The molecule has 2 amide bonds. The Kier molecular flexibility index (Phi) is 6.38. The Labute approximate surface area is 160 Å². The molecule has 10 heteroatoms. The van der Waals surface area contributed by atoms with Crippen LogP contribution in [0.15, 0.2) is 30.3 Å². The number of nitrogens with zero attached hydrogens (tertiary/aromatic N) is 2. The molecule has 0 bridgehead atoms. The van der Waals surface area contributed by atoms with Crippen LogP contribution in [0.2, 0.25) is 0 Å². The molecule has 0 aliphatic rings. The number of nitrogens with one attached hydrogen (secondary N) is 2. The van der Waals surface area contributed by atoms with Crippen molar-refractivity contribution >= 4 is 23.5 Å². The van der Waals surface area contributed by atoms with Crippen molar-refractivity contribution in [3.05, 3.63) is 68.5 Å². The number of nitro benzene ring substituents is 1. The number of ether oxygens (including phenoxy) is 1. The Bertz CT molecular complexity index is 940. The fourth-order valence-corrected chi connectivity index (χ4v) is 2.36. The van der Waals surface area contributed by atoms with Crippen LogP contribution < -0.4 is 10.9 Å². The molecule has 1 aromatic heterocycles. The summed E-state index contributed by atoms with van der Waals surface area (Å²) in [6.07, 6.45) is 0. The number of nitro groups is 1. The number of pyridine rings is 1. The minimum atomic E-state index is -0.675. The van der Waals surface area contributed by atoms with Gasteiger partial charge in [0, 0.05) is 17.7 Å². The van der Waals surface area contributed by atoms with Crippen molar-refractivity contribution in [2.24, 2.45) is 0 Å². The lowest BCUT2D eigenvalue weighted by atomic mass is 10.1. The highest BCUT2D eigenvalue weighted by atomic mass is 16.6. The lowest BCUT2D eigenvalue weighted by Crippen LogP contribution is -2.42. The standard InChI is InChI=1S/C18H18N4O6/c1-4-28-18(25)15-9-14(10(2)19-11(15)3)17(24)21-20-16(23)12-5-7-13(8-6-12)22(26)27/h5-9H,4H2,1-3H3,(H,20,23)(H,21,24). The highest BCUT2D eigenvalue weighted by molar-refractivity contribution is 6.01. The number of hydrogen-bond donors (Lipinski definition) is 2. The highest BCUT2D eigenvalue weighted by Crippen LogP contribution is 2.14. The van der Waals surface area contributed by atoms with Gasteiger partial charge < -0.3 is 4.74 Å². The van der Waals surface area contributed by atoms with Crippen molar-refractivity contribution in [1.29, 1.82) is 0 Å². The summed E-state index contributed by atoms with van der Waals surface area (Å²) in [7, 11) is 0. The van der Waals surface area contributed by atoms with E-state index < -0.39 is 22.7 Å². The van der Waals surface area contributed by atoms with Gasteiger partial charge in [0.15, 0.2) is 0 Å². The van der Waals surface area contributed by atoms with Crippen LogP contribution >= 0.6 is 0 Å². The van der Waals surface area contributed by atoms with Gasteiger partial charge in [-0.15, -0.1) is 0 Å². The Hall–Kier alpha value is -3.82. The predicted octanol–water partition coefficient (Wildman–Crippen LogP) is 1.86. The average Bonchev–Trinajstić information content (AvgIpc) is 2.66. The molecule has 10 nitrogen and oxygen atoms in total. The van der Waals surface area contributed by atoms with Gasteiger partial charge in [-0.1, -0.05) is 0 Å². The number of carbonyl (C=O) groups is 3. The number of aromatic nitrogens is 1. The number of carbonyl (C=O) groups excluding carboxylic acids is 3. The zero-order valence-corrected chi connectivity index (χ0v) is 15.4. The van der Waals surface area contributed by atoms with Gasteiger partial charge in [0.05, 0.1) is 34.0 Å². The number of aryl methyl sites for hydroxylation is 2. The third kappa shape index (κ3) is 4.67. The molecule has 2 N–H and O–H groups in total. The molecule has 0 unspecified atom stereocenters. The van der Waals surface area contributed by atoms with Crippen molar-refractivity contribution in [3.63, 3.8) is 0 Å². The molecule has 0 atom stereocenters. The second-order valence-electron chi connectivity index (χ2n) is 5.69. The molecule has 0 aliphatic carbocycles. The van der Waals surface area contributed by atoms with E-state index in [-0.39, 0.29) is 29.0 Å². The Morgan fingerprint density at radius 1 is 1.04 bits per heavy atom. The summed E-state index contributed by atoms with van der Waals surface area (Å²) in [5.41, 5.74) is 5.44. The summed E-state index contributed by atoms with van der Waals surface area (Å²) >= 11 is 0. The maximum atomic E-state index is 12.4. The summed E-state index contributed by atoms with van der Waals surface area (Å²) in [4.78, 5) is 50.6. The minimum absolute atomic E-state index is 0.0950. The molecular weight excluding hydrogens is 368 g/mol. The van der Waals surface area contributed by atoms with Crippen LogP contribution in [0, 0.1) is 24.0 Å². The molecule has 28 heavy (non-hydrogen) atoms. The molecule has 146 valence electrons. The number of rotatable bonds is 5. The quantitative estimate of drug-likeness (QED) is 0.454. The van der Waals surface area contributed by atoms with Gasteiger partial charge in [-0.25, -0.2) is 4.79 Å². The van der Waals surface area contributed by atoms with Gasteiger partial charge in [-0.2, -0.15) is 0 Å². The lowest BCUT2D eigenvalue weighted by Gasteiger charge is -2.12. The Morgan fingerprint density at radius 2 is 1.61 bits per heavy atom. The molecular formula is C18H18N4O6. The smallest absolute Gasteiger partial charge is 0.339 e. The van der Waals surface area contributed by atoms with Crippen LogP contribution in [0.1, 0.15) is 49.4 Å². The van der Waals surface area contributed by atoms with Crippen molar-refractivity contribution in [2.45, 2.75) is 20.8 Å². The number of hydrazine groups is 1. The summed E-state index contributed by atoms with van der Waals surface area (Å²) in [6.45, 7) is 5.06. The fraction of sp³-hybridized carbons (Fsp3) is 0.222. The first-order valence-corrected chi connectivity index (χ1v) is 8.25. The van der Waals surface area contributed by atoms with Crippen LogP contribution in [0.4, 0.5) is 5.69 Å². The third-order valence-corrected chi connectivity index (χ3v) is 3.77. The van der Waals surface area contributed by atoms with Gasteiger partial charge >= 0.3 is 5.97 Å². The zero-order chi connectivity index (χ0) is 20.8. The SMILES string of the molecule is CCOC(=O)c1cc(C(=O)NNC(=O)c2ccc([N+](=O)[O-])cc2)c(C)nc1C. The van der Waals surface area contributed by atoms with Gasteiger partial charge in [-0.05, 0) is 39.0 Å². The molecule has 0 fully saturated rings. The number of esters is 1. The molecule has 2 rings (SSSR count). The van der Waals surface area contributed by atoms with E-state index in [0.717, 1.165) is 0 Å². The van der Waals surface area contributed by atoms with E-state index in [1.54, 1.807) is 20.8 Å². The van der Waals surface area contributed by atoms with Gasteiger partial charge in [0.2, 0.25) is 0 Å². The Morgan fingerprint density at radius 3 is 2.18 bits per heavy atom. The van der Waals surface area contributed by atoms with E-state index in [0.29, 0.717) is 11.4 Å². The molecule has 0 spiro atoms. The fourth-order valence-electron chi connectivity index (χ4n) is 2.36. The summed E-state index contributed by atoms with van der Waals surface area (Å²) in [5, 5.41) is 10.6.